The number of hydrogen-bond acceptors (Lipinski definition) is 5. The Labute approximate surface area is 89.2 Å². The van der Waals surface area contributed by atoms with Crippen LogP contribution in [0.2, 0.25) is 0 Å². The van der Waals surface area contributed by atoms with Gasteiger partial charge in [-0.3, -0.25) is 0 Å². The molecule has 1 aliphatic heterocycles. The normalized spacial score (nSPS) is 22.9. The van der Waals surface area contributed by atoms with Crippen LogP contribution in [0.25, 0.3) is 0 Å². The Balaban J connectivity index is 2.08. The fourth-order valence-electron chi connectivity index (χ4n) is 1.08. The van der Waals surface area contributed by atoms with Crippen molar-refractivity contribution < 1.29 is 19.0 Å². The zero-order valence-corrected chi connectivity index (χ0v) is 8.85. The number of carbonyl (C=O) groups excluding carboxylic acids is 1. The maximum Gasteiger partial charge on any atom is 0.330 e. The van der Waals surface area contributed by atoms with Crippen molar-refractivity contribution in [3.63, 3.8) is 0 Å². The highest BCUT2D eigenvalue weighted by atomic mass is 16.6. The summed E-state index contributed by atoms with van der Waals surface area (Å²) >= 11 is 0. The molecule has 2 N–H and O–H groups in total. The lowest BCUT2D eigenvalue weighted by atomic mass is 10.2. The summed E-state index contributed by atoms with van der Waals surface area (Å²) in [7, 11) is 0. The molecule has 0 amide bonds. The third-order valence-electron chi connectivity index (χ3n) is 1.95. The van der Waals surface area contributed by atoms with Gasteiger partial charge >= 0.3 is 5.97 Å². The Morgan fingerprint density at radius 1 is 1.80 bits per heavy atom. The molecule has 1 rings (SSSR count). The van der Waals surface area contributed by atoms with Crippen LogP contribution in [0.5, 0.6) is 0 Å². The van der Waals surface area contributed by atoms with E-state index < -0.39 is 12.2 Å². The van der Waals surface area contributed by atoms with Crippen molar-refractivity contribution >= 4 is 5.97 Å². The van der Waals surface area contributed by atoms with Crippen LogP contribution in [0.4, 0.5) is 0 Å². The van der Waals surface area contributed by atoms with Crippen LogP contribution in [0.15, 0.2) is 12.7 Å². The van der Waals surface area contributed by atoms with Gasteiger partial charge in [0.1, 0.15) is 18.4 Å². The third kappa shape index (κ3) is 5.51. The number of epoxide rings is 1. The molecule has 86 valence electrons. The van der Waals surface area contributed by atoms with E-state index in [-0.39, 0.29) is 12.2 Å². The molecule has 0 spiro atoms. The Kier molecular flexibility index (Phi) is 4.74. The molecule has 0 radical (unpaired) electrons. The molecule has 0 aromatic carbocycles. The largest absolute Gasteiger partial charge is 0.459 e. The van der Waals surface area contributed by atoms with Crippen molar-refractivity contribution in [2.45, 2.75) is 31.8 Å². The first-order valence-corrected chi connectivity index (χ1v) is 4.93. The molecule has 1 aliphatic rings. The van der Waals surface area contributed by atoms with E-state index in [1.54, 1.807) is 6.92 Å². The first kappa shape index (κ1) is 12.2. The summed E-state index contributed by atoms with van der Waals surface area (Å²) in [5, 5.41) is 0. The van der Waals surface area contributed by atoms with Crippen molar-refractivity contribution in [1.82, 2.24) is 0 Å². The highest BCUT2D eigenvalue weighted by molar-refractivity contribution is 5.81. The van der Waals surface area contributed by atoms with Crippen molar-refractivity contribution in [2.75, 3.05) is 13.2 Å². The van der Waals surface area contributed by atoms with Crippen LogP contribution in [0.3, 0.4) is 0 Å². The van der Waals surface area contributed by atoms with Gasteiger partial charge in [-0.1, -0.05) is 6.58 Å². The van der Waals surface area contributed by atoms with Gasteiger partial charge in [0.15, 0.2) is 0 Å². The van der Waals surface area contributed by atoms with E-state index in [0.29, 0.717) is 13.0 Å². The maximum absolute atomic E-state index is 10.8. The third-order valence-corrected chi connectivity index (χ3v) is 1.95. The summed E-state index contributed by atoms with van der Waals surface area (Å²) in [5.41, 5.74) is 5.67. The van der Waals surface area contributed by atoms with Gasteiger partial charge in [-0.05, 0) is 6.92 Å². The van der Waals surface area contributed by atoms with Crippen LogP contribution in [-0.4, -0.2) is 37.6 Å². The van der Waals surface area contributed by atoms with Gasteiger partial charge < -0.3 is 19.9 Å². The quantitative estimate of drug-likeness (QED) is 0.284. The van der Waals surface area contributed by atoms with E-state index in [4.69, 9.17) is 19.9 Å². The summed E-state index contributed by atoms with van der Waals surface area (Å²) in [6.07, 6.45) is 1.09. The van der Waals surface area contributed by atoms with Crippen molar-refractivity contribution in [2.24, 2.45) is 5.73 Å². The van der Waals surface area contributed by atoms with Gasteiger partial charge in [0, 0.05) is 12.5 Å². The molecule has 3 unspecified atom stereocenters. The van der Waals surface area contributed by atoms with Crippen molar-refractivity contribution in [3.05, 3.63) is 12.7 Å². The first-order chi connectivity index (χ1) is 7.11. The van der Waals surface area contributed by atoms with E-state index in [9.17, 15) is 4.79 Å². The Hall–Kier alpha value is -0.910. The molecule has 0 bridgehead atoms. The fourth-order valence-corrected chi connectivity index (χ4v) is 1.08. The molecule has 0 aliphatic carbocycles. The molecule has 1 fully saturated rings. The zero-order valence-electron chi connectivity index (χ0n) is 8.85. The van der Waals surface area contributed by atoms with E-state index in [1.807, 2.05) is 0 Å². The lowest BCUT2D eigenvalue weighted by molar-refractivity contribution is -0.143. The second-order valence-electron chi connectivity index (χ2n) is 3.51. The SMILES string of the molecule is C=CC(=O)OC(C)CC(N)OCC1CO1. The Bertz CT molecular complexity index is 227. The van der Waals surface area contributed by atoms with Crippen LogP contribution < -0.4 is 5.73 Å². The van der Waals surface area contributed by atoms with Gasteiger partial charge in [-0.25, -0.2) is 4.79 Å². The van der Waals surface area contributed by atoms with Gasteiger partial charge in [0.05, 0.1) is 13.2 Å². The van der Waals surface area contributed by atoms with E-state index in [1.165, 1.54) is 0 Å². The zero-order chi connectivity index (χ0) is 11.3. The minimum Gasteiger partial charge on any atom is -0.459 e. The summed E-state index contributed by atoms with van der Waals surface area (Å²) in [4.78, 5) is 10.8. The number of esters is 1. The monoisotopic (exact) mass is 215 g/mol. The smallest absolute Gasteiger partial charge is 0.330 e. The van der Waals surface area contributed by atoms with Crippen LogP contribution in [0, 0.1) is 0 Å². The number of ether oxygens (including phenoxy) is 3. The van der Waals surface area contributed by atoms with Gasteiger partial charge in [-0.15, -0.1) is 0 Å². The van der Waals surface area contributed by atoms with Crippen LogP contribution in [-0.2, 0) is 19.0 Å². The number of hydrogen-bond donors (Lipinski definition) is 1. The molecule has 1 saturated heterocycles. The summed E-state index contributed by atoms with van der Waals surface area (Å²) < 4.78 is 15.2. The lowest BCUT2D eigenvalue weighted by Gasteiger charge is -2.17. The van der Waals surface area contributed by atoms with Gasteiger partial charge in [0.25, 0.3) is 0 Å². The van der Waals surface area contributed by atoms with Gasteiger partial charge in [0.2, 0.25) is 0 Å². The molecule has 0 aromatic heterocycles. The highest BCUT2D eigenvalue weighted by Gasteiger charge is 2.24. The van der Waals surface area contributed by atoms with Crippen molar-refractivity contribution in [3.8, 4) is 0 Å². The average molecular weight is 215 g/mol. The molecule has 5 nitrogen and oxygen atoms in total. The molecule has 1 heterocycles. The first-order valence-electron chi connectivity index (χ1n) is 4.93. The molecule has 5 heteroatoms. The number of nitrogens with two attached hydrogens (primary N) is 1. The lowest BCUT2D eigenvalue weighted by Crippen LogP contribution is -2.31. The predicted octanol–water partition coefficient (Wildman–Crippen LogP) is 0.194. The summed E-state index contributed by atoms with van der Waals surface area (Å²) in [6.45, 7) is 6.32. The van der Waals surface area contributed by atoms with E-state index in [0.717, 1.165) is 12.7 Å². The van der Waals surface area contributed by atoms with Crippen molar-refractivity contribution in [1.29, 1.82) is 0 Å². The average Bonchev–Trinajstić information content (AvgIpc) is 2.97. The minimum atomic E-state index is -0.444. The van der Waals surface area contributed by atoms with E-state index >= 15 is 0 Å². The predicted molar refractivity (Wildman–Crippen MR) is 54.0 cm³/mol. The van der Waals surface area contributed by atoms with Gasteiger partial charge in [-0.2, -0.15) is 0 Å². The standard InChI is InChI=1S/C10H17NO4/c1-3-10(12)15-7(2)4-9(11)14-6-8-5-13-8/h3,7-9H,1,4-6,11H2,2H3. The number of carbonyl (C=O) groups is 1. The molecule has 15 heavy (non-hydrogen) atoms. The molecule has 3 atom stereocenters. The van der Waals surface area contributed by atoms with E-state index in [2.05, 4.69) is 6.58 Å². The van der Waals surface area contributed by atoms with Crippen LogP contribution >= 0.6 is 0 Å². The molecular formula is C10H17NO4. The van der Waals surface area contributed by atoms with Crippen LogP contribution in [0.1, 0.15) is 13.3 Å². The highest BCUT2D eigenvalue weighted by Crippen LogP contribution is 2.10. The topological polar surface area (TPSA) is 74.1 Å². The maximum atomic E-state index is 10.8. The Morgan fingerprint density at radius 3 is 3.00 bits per heavy atom. The number of rotatable bonds is 7. The fraction of sp³-hybridized carbons (Fsp3) is 0.700. The summed E-state index contributed by atoms with van der Waals surface area (Å²) in [5.74, 6) is -0.444. The summed E-state index contributed by atoms with van der Waals surface area (Å²) in [6, 6.07) is 0. The minimum absolute atomic E-state index is 0.196. The second kappa shape index (κ2) is 5.85. The molecule has 0 aromatic rings. The second-order valence-corrected chi connectivity index (χ2v) is 3.51. The molecular weight excluding hydrogens is 198 g/mol. The Morgan fingerprint density at radius 2 is 2.47 bits per heavy atom. The molecule has 0 saturated carbocycles.